The van der Waals surface area contributed by atoms with Gasteiger partial charge < -0.3 is 0 Å². The van der Waals surface area contributed by atoms with Crippen molar-refractivity contribution >= 4 is 21.4 Å². The maximum atomic E-state index is 13.0. The highest BCUT2D eigenvalue weighted by Gasteiger charge is 2.16. The second kappa shape index (κ2) is 8.19. The van der Waals surface area contributed by atoms with Crippen LogP contribution >= 0.6 is 11.3 Å². The van der Waals surface area contributed by atoms with E-state index in [4.69, 9.17) is 0 Å². The molecule has 0 saturated carbocycles. The van der Waals surface area contributed by atoms with Crippen LogP contribution in [0.5, 0.6) is 0 Å². The van der Waals surface area contributed by atoms with Crippen molar-refractivity contribution in [3.63, 3.8) is 0 Å². The van der Waals surface area contributed by atoms with Crippen LogP contribution in [0.1, 0.15) is 12.5 Å². The van der Waals surface area contributed by atoms with E-state index in [0.29, 0.717) is 4.80 Å². The molecule has 0 fully saturated rings. The van der Waals surface area contributed by atoms with E-state index in [-0.39, 0.29) is 4.90 Å². The summed E-state index contributed by atoms with van der Waals surface area (Å²) in [6, 6.07) is 26.5. The summed E-state index contributed by atoms with van der Waals surface area (Å²) < 4.78 is 32.0. The van der Waals surface area contributed by atoms with Gasteiger partial charge in [0.15, 0.2) is 0 Å². The Labute approximate surface area is 174 Å². The van der Waals surface area contributed by atoms with Crippen molar-refractivity contribution in [2.45, 2.75) is 18.2 Å². The van der Waals surface area contributed by atoms with Gasteiger partial charge in [0, 0.05) is 11.1 Å². The molecule has 1 aromatic heterocycles. The number of nitrogens with zero attached hydrogens (tertiary/aromatic N) is 2. The molecule has 4 aromatic rings. The van der Waals surface area contributed by atoms with Crippen molar-refractivity contribution in [2.24, 2.45) is 4.40 Å². The smallest absolute Gasteiger partial charge is 0.284 e. The van der Waals surface area contributed by atoms with Crippen molar-refractivity contribution in [1.82, 2.24) is 4.57 Å². The first kappa shape index (κ1) is 19.4. The van der Waals surface area contributed by atoms with Crippen LogP contribution in [0.4, 0.5) is 0 Å². The van der Waals surface area contributed by atoms with Gasteiger partial charge in [0.1, 0.15) is 0 Å². The van der Waals surface area contributed by atoms with Gasteiger partial charge in [0.25, 0.3) is 10.0 Å². The number of thiazole rings is 1. The van der Waals surface area contributed by atoms with Crippen molar-refractivity contribution in [3.8, 4) is 16.9 Å². The number of sulfonamides is 1. The van der Waals surface area contributed by atoms with E-state index in [0.717, 1.165) is 28.9 Å². The molecule has 0 saturated heterocycles. The van der Waals surface area contributed by atoms with E-state index in [9.17, 15) is 8.42 Å². The van der Waals surface area contributed by atoms with Crippen LogP contribution in [0.25, 0.3) is 16.9 Å². The third-order valence-corrected chi connectivity index (χ3v) is 6.84. The van der Waals surface area contributed by atoms with Gasteiger partial charge in [-0.2, -0.15) is 8.42 Å². The van der Waals surface area contributed by atoms with E-state index in [1.807, 2.05) is 89.7 Å². The second-order valence-electron chi connectivity index (χ2n) is 6.50. The van der Waals surface area contributed by atoms with E-state index in [2.05, 4.69) is 4.40 Å². The fourth-order valence-corrected chi connectivity index (χ4v) is 5.17. The lowest BCUT2D eigenvalue weighted by molar-refractivity contribution is 0.596. The largest absolute Gasteiger partial charge is 0.285 e. The molecule has 4 rings (SSSR count). The minimum atomic E-state index is -3.82. The average Bonchev–Trinajstić information content (AvgIpc) is 3.18. The Hall–Kier alpha value is -2.96. The molecule has 0 amide bonds. The molecule has 29 heavy (non-hydrogen) atoms. The molecule has 4 nitrogen and oxygen atoms in total. The third-order valence-electron chi connectivity index (χ3n) is 4.62. The Morgan fingerprint density at radius 2 is 1.48 bits per heavy atom. The molecule has 0 aliphatic carbocycles. The first-order valence-corrected chi connectivity index (χ1v) is 11.6. The van der Waals surface area contributed by atoms with Crippen LogP contribution in [0.2, 0.25) is 0 Å². The van der Waals surface area contributed by atoms with E-state index < -0.39 is 10.0 Å². The molecule has 0 spiro atoms. The predicted octanol–water partition coefficient (Wildman–Crippen LogP) is 5.06. The fourth-order valence-electron chi connectivity index (χ4n) is 3.06. The summed E-state index contributed by atoms with van der Waals surface area (Å²) in [7, 11) is -3.82. The lowest BCUT2D eigenvalue weighted by atomic mass is 10.1. The molecular weight excluding hydrogens is 400 g/mol. The summed E-state index contributed by atoms with van der Waals surface area (Å²) in [5.41, 5.74) is 3.85. The topological polar surface area (TPSA) is 51.4 Å². The number of benzene rings is 3. The van der Waals surface area contributed by atoms with Gasteiger partial charge in [0.2, 0.25) is 4.80 Å². The van der Waals surface area contributed by atoms with Gasteiger partial charge in [-0.25, -0.2) is 0 Å². The summed E-state index contributed by atoms with van der Waals surface area (Å²) in [5.74, 6) is 0. The van der Waals surface area contributed by atoms with Crippen LogP contribution in [0.15, 0.2) is 99.6 Å². The zero-order valence-corrected chi connectivity index (χ0v) is 17.5. The first-order chi connectivity index (χ1) is 14.1. The first-order valence-electron chi connectivity index (χ1n) is 9.30. The number of rotatable bonds is 5. The second-order valence-corrected chi connectivity index (χ2v) is 8.95. The molecule has 0 aliphatic heterocycles. The zero-order chi connectivity index (χ0) is 20.3. The minimum absolute atomic E-state index is 0.198. The maximum Gasteiger partial charge on any atom is 0.285 e. The molecule has 146 valence electrons. The summed E-state index contributed by atoms with van der Waals surface area (Å²) in [6.45, 7) is 2.04. The Morgan fingerprint density at radius 3 is 2.10 bits per heavy atom. The number of aryl methyl sites for hydroxylation is 1. The van der Waals surface area contributed by atoms with Gasteiger partial charge in [0.05, 0.1) is 10.6 Å². The number of aromatic nitrogens is 1. The normalized spacial score (nSPS) is 12.2. The maximum absolute atomic E-state index is 13.0. The van der Waals surface area contributed by atoms with Gasteiger partial charge in [-0.3, -0.25) is 4.57 Å². The van der Waals surface area contributed by atoms with Gasteiger partial charge in [-0.15, -0.1) is 15.7 Å². The molecule has 0 atom stereocenters. The Morgan fingerprint density at radius 1 is 0.862 bits per heavy atom. The van der Waals surface area contributed by atoms with Crippen molar-refractivity contribution in [2.75, 3.05) is 0 Å². The summed E-state index contributed by atoms with van der Waals surface area (Å²) in [5, 5.41) is 1.94. The van der Waals surface area contributed by atoms with Crippen molar-refractivity contribution in [3.05, 3.63) is 101 Å². The fraction of sp³-hybridized carbons (Fsp3) is 0.0870. The molecule has 0 aliphatic rings. The van der Waals surface area contributed by atoms with Crippen LogP contribution in [0, 0.1) is 0 Å². The number of hydrogen-bond donors (Lipinski definition) is 0. The van der Waals surface area contributed by atoms with E-state index in [1.54, 1.807) is 12.1 Å². The Balaban J connectivity index is 1.90. The summed E-state index contributed by atoms with van der Waals surface area (Å²) in [6.07, 6.45) is 0.858. The highest BCUT2D eigenvalue weighted by atomic mass is 32.2. The zero-order valence-electron chi connectivity index (χ0n) is 15.9. The molecule has 0 N–H and O–H groups in total. The highest BCUT2D eigenvalue weighted by molar-refractivity contribution is 7.90. The number of hydrogen-bond acceptors (Lipinski definition) is 3. The van der Waals surface area contributed by atoms with Crippen LogP contribution in [-0.4, -0.2) is 13.0 Å². The lowest BCUT2D eigenvalue weighted by Gasteiger charge is -2.09. The lowest BCUT2D eigenvalue weighted by Crippen LogP contribution is -2.16. The third kappa shape index (κ3) is 4.09. The average molecular weight is 421 g/mol. The van der Waals surface area contributed by atoms with Crippen LogP contribution in [-0.2, 0) is 16.4 Å². The quantitative estimate of drug-likeness (QED) is 0.453. The van der Waals surface area contributed by atoms with Crippen molar-refractivity contribution in [1.29, 1.82) is 0 Å². The Kier molecular flexibility index (Phi) is 5.47. The van der Waals surface area contributed by atoms with Crippen LogP contribution in [0.3, 0.4) is 0 Å². The van der Waals surface area contributed by atoms with Gasteiger partial charge >= 0.3 is 0 Å². The van der Waals surface area contributed by atoms with E-state index in [1.165, 1.54) is 11.3 Å². The molecule has 6 heteroatoms. The monoisotopic (exact) mass is 420 g/mol. The summed E-state index contributed by atoms with van der Waals surface area (Å²) >= 11 is 1.31. The predicted molar refractivity (Wildman–Crippen MR) is 118 cm³/mol. The Bertz CT molecular complexity index is 1270. The standard InChI is InChI=1S/C23H20N2O2S2/c1-2-18-13-15-21(16-14-18)29(26,27)24-23-25(20-11-7-4-8-12-20)22(17-28-23)19-9-5-3-6-10-19/h3-17H,2H2,1H3. The van der Waals surface area contributed by atoms with Crippen molar-refractivity contribution < 1.29 is 8.42 Å². The molecule has 0 radical (unpaired) electrons. The van der Waals surface area contributed by atoms with Crippen LogP contribution < -0.4 is 4.80 Å². The molecular formula is C23H20N2O2S2. The highest BCUT2D eigenvalue weighted by Crippen LogP contribution is 2.23. The minimum Gasteiger partial charge on any atom is -0.284 e. The van der Waals surface area contributed by atoms with Gasteiger partial charge in [-0.05, 0) is 41.8 Å². The summed E-state index contributed by atoms with van der Waals surface area (Å²) in [4.78, 5) is 0.610. The molecule has 3 aromatic carbocycles. The van der Waals surface area contributed by atoms with E-state index >= 15 is 0 Å². The number of para-hydroxylation sites is 1. The molecule has 0 unspecified atom stereocenters. The SMILES string of the molecule is CCc1ccc(S(=O)(=O)N=c2scc(-c3ccccc3)n2-c2ccccc2)cc1. The van der Waals surface area contributed by atoms with Gasteiger partial charge in [-0.1, -0.05) is 67.6 Å². The molecule has 0 bridgehead atoms. The molecule has 1 heterocycles.